The molecule has 1 aliphatic rings. The lowest BCUT2D eigenvalue weighted by Crippen LogP contribution is -2.29. The smallest absolute Gasteiger partial charge is 0.0762 e. The van der Waals surface area contributed by atoms with Gasteiger partial charge in [-0.2, -0.15) is 0 Å². The SMILES string of the molecule is CC(CC1CCN(C(C)C)C1)ON. The summed E-state index contributed by atoms with van der Waals surface area (Å²) in [6, 6.07) is 0.680. The van der Waals surface area contributed by atoms with E-state index in [1.54, 1.807) is 0 Å². The minimum Gasteiger partial charge on any atom is -0.302 e. The van der Waals surface area contributed by atoms with Crippen molar-refractivity contribution in [3.63, 3.8) is 0 Å². The third-order valence-corrected chi connectivity index (χ3v) is 2.95. The number of rotatable bonds is 4. The van der Waals surface area contributed by atoms with Crippen LogP contribution in [0.5, 0.6) is 0 Å². The lowest BCUT2D eigenvalue weighted by atomic mass is 10.0. The summed E-state index contributed by atoms with van der Waals surface area (Å²) in [5.74, 6) is 5.91. The van der Waals surface area contributed by atoms with E-state index in [4.69, 9.17) is 10.7 Å². The van der Waals surface area contributed by atoms with Gasteiger partial charge >= 0.3 is 0 Å². The van der Waals surface area contributed by atoms with Crippen molar-refractivity contribution in [1.29, 1.82) is 0 Å². The molecule has 0 aromatic heterocycles. The third kappa shape index (κ3) is 3.25. The number of nitrogens with two attached hydrogens (primary N) is 1. The molecular formula is C10H22N2O. The van der Waals surface area contributed by atoms with Gasteiger partial charge in [-0.25, -0.2) is 5.90 Å². The van der Waals surface area contributed by atoms with Gasteiger partial charge in [-0.05, 0) is 46.1 Å². The Hall–Kier alpha value is -0.120. The van der Waals surface area contributed by atoms with Crippen LogP contribution in [0, 0.1) is 5.92 Å². The van der Waals surface area contributed by atoms with Crippen molar-refractivity contribution >= 4 is 0 Å². The molecule has 3 heteroatoms. The third-order valence-electron chi connectivity index (χ3n) is 2.95. The maximum absolute atomic E-state index is 5.13. The molecule has 0 saturated carbocycles. The molecule has 0 spiro atoms. The quantitative estimate of drug-likeness (QED) is 0.674. The zero-order valence-corrected chi connectivity index (χ0v) is 8.99. The molecule has 0 aromatic carbocycles. The van der Waals surface area contributed by atoms with E-state index in [0.29, 0.717) is 6.04 Å². The van der Waals surface area contributed by atoms with Crippen molar-refractivity contribution in [2.45, 2.75) is 45.8 Å². The minimum absolute atomic E-state index is 0.206. The maximum Gasteiger partial charge on any atom is 0.0762 e. The molecule has 1 aliphatic heterocycles. The molecule has 3 nitrogen and oxygen atoms in total. The van der Waals surface area contributed by atoms with Crippen molar-refractivity contribution in [2.24, 2.45) is 11.8 Å². The molecule has 13 heavy (non-hydrogen) atoms. The molecule has 0 radical (unpaired) electrons. The van der Waals surface area contributed by atoms with Crippen LogP contribution in [-0.4, -0.2) is 30.1 Å². The van der Waals surface area contributed by atoms with Gasteiger partial charge < -0.3 is 9.74 Å². The van der Waals surface area contributed by atoms with Gasteiger partial charge in [0.05, 0.1) is 6.10 Å². The molecule has 0 aliphatic carbocycles. The summed E-state index contributed by atoms with van der Waals surface area (Å²) in [6.07, 6.45) is 2.60. The van der Waals surface area contributed by atoms with Gasteiger partial charge in [-0.1, -0.05) is 0 Å². The van der Waals surface area contributed by atoms with Gasteiger partial charge in [0.1, 0.15) is 0 Å². The summed E-state index contributed by atoms with van der Waals surface area (Å²) in [5, 5.41) is 0. The Morgan fingerprint density at radius 1 is 1.46 bits per heavy atom. The molecule has 78 valence electrons. The van der Waals surface area contributed by atoms with Crippen LogP contribution in [0.2, 0.25) is 0 Å². The highest BCUT2D eigenvalue weighted by atomic mass is 16.6. The fraction of sp³-hybridized carbons (Fsp3) is 1.00. The number of likely N-dealkylation sites (tertiary alicyclic amines) is 1. The predicted molar refractivity (Wildman–Crippen MR) is 54.2 cm³/mol. The zero-order valence-electron chi connectivity index (χ0n) is 8.99. The van der Waals surface area contributed by atoms with Crippen LogP contribution in [-0.2, 0) is 4.84 Å². The molecule has 1 saturated heterocycles. The molecule has 0 aromatic rings. The van der Waals surface area contributed by atoms with Crippen LogP contribution < -0.4 is 5.90 Å². The number of hydrogen-bond acceptors (Lipinski definition) is 3. The standard InChI is InChI=1S/C10H22N2O/c1-8(2)12-5-4-10(7-12)6-9(3)13-11/h8-10H,4-7,11H2,1-3H3. The predicted octanol–water partition coefficient (Wildman–Crippen LogP) is 1.39. The average Bonchev–Trinajstić information content (AvgIpc) is 2.52. The lowest BCUT2D eigenvalue weighted by Gasteiger charge is -2.20. The Morgan fingerprint density at radius 2 is 2.15 bits per heavy atom. The highest BCUT2D eigenvalue weighted by Crippen LogP contribution is 2.22. The van der Waals surface area contributed by atoms with Crippen LogP contribution in [0.15, 0.2) is 0 Å². The zero-order chi connectivity index (χ0) is 9.84. The highest BCUT2D eigenvalue weighted by Gasteiger charge is 2.25. The van der Waals surface area contributed by atoms with E-state index in [1.165, 1.54) is 19.5 Å². The first kappa shape index (κ1) is 11.0. The van der Waals surface area contributed by atoms with Gasteiger partial charge in [0.2, 0.25) is 0 Å². The molecule has 2 N–H and O–H groups in total. The lowest BCUT2D eigenvalue weighted by molar-refractivity contribution is 0.0490. The molecule has 1 heterocycles. The number of nitrogens with zero attached hydrogens (tertiary/aromatic N) is 1. The summed E-state index contributed by atoms with van der Waals surface area (Å²) >= 11 is 0. The summed E-state index contributed by atoms with van der Waals surface area (Å²) in [5.41, 5.74) is 0. The van der Waals surface area contributed by atoms with Crippen LogP contribution >= 0.6 is 0 Å². The van der Waals surface area contributed by atoms with Crippen LogP contribution in [0.25, 0.3) is 0 Å². The van der Waals surface area contributed by atoms with E-state index in [9.17, 15) is 0 Å². The van der Waals surface area contributed by atoms with Crippen molar-refractivity contribution in [3.8, 4) is 0 Å². The first-order valence-electron chi connectivity index (χ1n) is 5.23. The summed E-state index contributed by atoms with van der Waals surface area (Å²) in [4.78, 5) is 7.31. The first-order valence-corrected chi connectivity index (χ1v) is 5.23. The van der Waals surface area contributed by atoms with E-state index >= 15 is 0 Å². The molecule has 1 rings (SSSR count). The molecular weight excluding hydrogens is 164 g/mol. The Labute approximate surface area is 81.2 Å². The molecule has 2 unspecified atom stereocenters. The van der Waals surface area contributed by atoms with Crippen molar-refractivity contribution < 1.29 is 4.84 Å². The highest BCUT2D eigenvalue weighted by molar-refractivity contribution is 4.78. The number of hydrogen-bond donors (Lipinski definition) is 1. The van der Waals surface area contributed by atoms with Gasteiger partial charge in [0.15, 0.2) is 0 Å². The normalized spacial score (nSPS) is 27.0. The summed E-state index contributed by atoms with van der Waals surface area (Å²) in [7, 11) is 0. The first-order chi connectivity index (χ1) is 6.13. The van der Waals surface area contributed by atoms with Crippen LogP contribution in [0.1, 0.15) is 33.6 Å². The van der Waals surface area contributed by atoms with Crippen molar-refractivity contribution in [2.75, 3.05) is 13.1 Å². The second-order valence-corrected chi connectivity index (χ2v) is 4.43. The Kier molecular flexibility index (Phi) is 4.16. The largest absolute Gasteiger partial charge is 0.302 e. The van der Waals surface area contributed by atoms with E-state index in [1.807, 2.05) is 6.92 Å². The fourth-order valence-corrected chi connectivity index (χ4v) is 2.05. The molecule has 0 amide bonds. The van der Waals surface area contributed by atoms with Crippen LogP contribution in [0.4, 0.5) is 0 Å². The Bertz CT molecular complexity index is 150. The Morgan fingerprint density at radius 3 is 2.62 bits per heavy atom. The summed E-state index contributed by atoms with van der Waals surface area (Å²) < 4.78 is 0. The van der Waals surface area contributed by atoms with Crippen LogP contribution in [0.3, 0.4) is 0 Å². The van der Waals surface area contributed by atoms with E-state index in [0.717, 1.165) is 12.3 Å². The second-order valence-electron chi connectivity index (χ2n) is 4.43. The fourth-order valence-electron chi connectivity index (χ4n) is 2.05. The average molecular weight is 186 g/mol. The molecule has 2 atom stereocenters. The van der Waals surface area contributed by atoms with E-state index in [2.05, 4.69) is 18.7 Å². The molecule has 0 bridgehead atoms. The van der Waals surface area contributed by atoms with Gasteiger partial charge in [-0.15, -0.1) is 0 Å². The van der Waals surface area contributed by atoms with Gasteiger partial charge in [0, 0.05) is 12.6 Å². The van der Waals surface area contributed by atoms with Gasteiger partial charge in [0.25, 0.3) is 0 Å². The maximum atomic E-state index is 5.13. The van der Waals surface area contributed by atoms with E-state index < -0.39 is 0 Å². The topological polar surface area (TPSA) is 38.5 Å². The van der Waals surface area contributed by atoms with E-state index in [-0.39, 0.29) is 6.10 Å². The monoisotopic (exact) mass is 186 g/mol. The Balaban J connectivity index is 2.25. The van der Waals surface area contributed by atoms with Crippen molar-refractivity contribution in [3.05, 3.63) is 0 Å². The van der Waals surface area contributed by atoms with Crippen molar-refractivity contribution in [1.82, 2.24) is 4.90 Å². The minimum atomic E-state index is 0.206. The van der Waals surface area contributed by atoms with Gasteiger partial charge in [-0.3, -0.25) is 0 Å². The second kappa shape index (κ2) is 4.94. The molecule has 1 fully saturated rings. The summed E-state index contributed by atoms with van der Waals surface area (Å²) in [6.45, 7) is 9.00.